The van der Waals surface area contributed by atoms with Crippen LogP contribution in [0.2, 0.25) is 0 Å². The van der Waals surface area contributed by atoms with Crippen molar-refractivity contribution in [2.24, 2.45) is 5.92 Å². The molecule has 15 heavy (non-hydrogen) atoms. The summed E-state index contributed by atoms with van der Waals surface area (Å²) in [5.74, 6) is 0.563. The van der Waals surface area contributed by atoms with Crippen molar-refractivity contribution in [1.29, 1.82) is 0 Å². The van der Waals surface area contributed by atoms with E-state index in [1.54, 1.807) is 0 Å². The van der Waals surface area contributed by atoms with Gasteiger partial charge in [-0.25, -0.2) is 0 Å². The molecule has 0 bridgehead atoms. The third-order valence-corrected chi connectivity index (χ3v) is 5.06. The van der Waals surface area contributed by atoms with Gasteiger partial charge in [-0.2, -0.15) is 0 Å². The van der Waals surface area contributed by atoms with Crippen molar-refractivity contribution >= 4 is 8.80 Å². The molecule has 0 unspecified atom stereocenters. The van der Waals surface area contributed by atoms with E-state index >= 15 is 0 Å². The molecular formula is C10H27N3OSi. The minimum Gasteiger partial charge on any atom is -0.380 e. The third-order valence-electron chi connectivity index (χ3n) is 1.91. The maximum absolute atomic E-state index is 6.02. The standard InChI is InChI=1S/C10H27N3OSi/c1-6-11-15(12-7-2,13-8-3)14-9-10(4)5/h10-13H,6-9H2,1-5H3. The van der Waals surface area contributed by atoms with Crippen molar-refractivity contribution in [3.05, 3.63) is 0 Å². The second kappa shape index (κ2) is 8.24. The van der Waals surface area contributed by atoms with Gasteiger partial charge in [-0.1, -0.05) is 34.6 Å². The maximum Gasteiger partial charge on any atom is 0.440 e. The zero-order valence-corrected chi connectivity index (χ0v) is 11.8. The second-order valence-electron chi connectivity index (χ2n) is 3.98. The second-order valence-corrected chi connectivity index (χ2v) is 6.69. The van der Waals surface area contributed by atoms with Crippen LogP contribution < -0.4 is 14.9 Å². The molecule has 5 heteroatoms. The molecule has 0 aromatic carbocycles. The summed E-state index contributed by atoms with van der Waals surface area (Å²) in [6.45, 7) is 14.2. The first-order valence-corrected chi connectivity index (χ1v) is 7.90. The van der Waals surface area contributed by atoms with Crippen LogP contribution in [-0.2, 0) is 4.43 Å². The normalized spacial score (nSPS) is 12.4. The summed E-state index contributed by atoms with van der Waals surface area (Å²) in [6.07, 6.45) is 0. The van der Waals surface area contributed by atoms with Gasteiger partial charge >= 0.3 is 8.80 Å². The van der Waals surface area contributed by atoms with Crippen LogP contribution in [-0.4, -0.2) is 35.0 Å². The van der Waals surface area contributed by atoms with Crippen molar-refractivity contribution < 1.29 is 4.43 Å². The van der Waals surface area contributed by atoms with E-state index < -0.39 is 8.80 Å². The number of hydrogen-bond acceptors (Lipinski definition) is 4. The Labute approximate surface area is 95.5 Å². The molecule has 0 saturated heterocycles. The minimum atomic E-state index is -2.11. The molecule has 3 N–H and O–H groups in total. The predicted molar refractivity (Wildman–Crippen MR) is 67.6 cm³/mol. The molecule has 0 aromatic rings. The van der Waals surface area contributed by atoms with Crippen LogP contribution >= 0.6 is 0 Å². The van der Waals surface area contributed by atoms with Gasteiger partial charge < -0.3 is 4.43 Å². The quantitative estimate of drug-likeness (QED) is 0.518. The first-order chi connectivity index (χ1) is 7.10. The van der Waals surface area contributed by atoms with Crippen LogP contribution in [0.1, 0.15) is 34.6 Å². The Bertz CT molecular complexity index is 139. The van der Waals surface area contributed by atoms with E-state index in [0.717, 1.165) is 26.2 Å². The summed E-state index contributed by atoms with van der Waals surface area (Å²) in [4.78, 5) is 10.3. The molecule has 0 amide bonds. The van der Waals surface area contributed by atoms with E-state index in [2.05, 4.69) is 49.6 Å². The number of hydrogen-bond donors (Lipinski definition) is 3. The summed E-state index contributed by atoms with van der Waals surface area (Å²) in [5, 5.41) is 0. The van der Waals surface area contributed by atoms with E-state index in [0.29, 0.717) is 5.92 Å². The Morgan fingerprint density at radius 2 is 1.33 bits per heavy atom. The fraction of sp³-hybridized carbons (Fsp3) is 1.00. The van der Waals surface area contributed by atoms with E-state index in [9.17, 15) is 0 Å². The lowest BCUT2D eigenvalue weighted by Gasteiger charge is -2.32. The highest BCUT2D eigenvalue weighted by Crippen LogP contribution is 1.99. The molecule has 0 aliphatic carbocycles. The third kappa shape index (κ3) is 6.27. The first-order valence-electron chi connectivity index (χ1n) is 5.99. The average molecular weight is 233 g/mol. The minimum absolute atomic E-state index is 0.563. The van der Waals surface area contributed by atoms with Gasteiger partial charge in [-0.05, 0) is 25.6 Å². The molecule has 0 aliphatic rings. The zero-order valence-electron chi connectivity index (χ0n) is 10.8. The predicted octanol–water partition coefficient (Wildman–Crippen LogP) is 0.923. The molecule has 0 heterocycles. The smallest absolute Gasteiger partial charge is 0.380 e. The van der Waals surface area contributed by atoms with Gasteiger partial charge in [-0.15, -0.1) is 0 Å². The zero-order chi connectivity index (χ0) is 11.7. The van der Waals surface area contributed by atoms with E-state index in [1.165, 1.54) is 0 Å². The van der Waals surface area contributed by atoms with E-state index in [4.69, 9.17) is 4.43 Å². The lowest BCUT2D eigenvalue weighted by Crippen LogP contribution is -2.74. The summed E-state index contributed by atoms with van der Waals surface area (Å²) >= 11 is 0. The van der Waals surface area contributed by atoms with Crippen LogP contribution in [0.3, 0.4) is 0 Å². The summed E-state index contributed by atoms with van der Waals surface area (Å²) < 4.78 is 6.02. The highest BCUT2D eigenvalue weighted by molar-refractivity contribution is 6.66. The lowest BCUT2D eigenvalue weighted by molar-refractivity contribution is 0.232. The number of rotatable bonds is 9. The van der Waals surface area contributed by atoms with Gasteiger partial charge in [0.25, 0.3) is 0 Å². The average Bonchev–Trinajstić information content (AvgIpc) is 2.16. The van der Waals surface area contributed by atoms with Crippen molar-refractivity contribution in [2.45, 2.75) is 34.6 Å². The maximum atomic E-state index is 6.02. The molecule has 0 radical (unpaired) electrons. The summed E-state index contributed by atoms with van der Waals surface area (Å²) in [6, 6.07) is 0. The van der Waals surface area contributed by atoms with E-state index in [1.807, 2.05) is 0 Å². The Morgan fingerprint density at radius 3 is 1.60 bits per heavy atom. The molecule has 4 nitrogen and oxygen atoms in total. The molecule has 0 rings (SSSR count). The van der Waals surface area contributed by atoms with E-state index in [-0.39, 0.29) is 0 Å². The van der Waals surface area contributed by atoms with Crippen molar-refractivity contribution in [3.8, 4) is 0 Å². The molecule has 0 atom stereocenters. The topological polar surface area (TPSA) is 45.3 Å². The van der Waals surface area contributed by atoms with Crippen LogP contribution in [0.15, 0.2) is 0 Å². The monoisotopic (exact) mass is 233 g/mol. The molecule has 0 saturated carbocycles. The summed E-state index contributed by atoms with van der Waals surface area (Å²) in [5.41, 5.74) is 0. The largest absolute Gasteiger partial charge is 0.440 e. The van der Waals surface area contributed by atoms with Crippen LogP contribution in [0.5, 0.6) is 0 Å². The molecule has 0 fully saturated rings. The fourth-order valence-corrected chi connectivity index (χ4v) is 4.14. The van der Waals surface area contributed by atoms with Crippen molar-refractivity contribution in [3.63, 3.8) is 0 Å². The van der Waals surface area contributed by atoms with Gasteiger partial charge in [0.05, 0.1) is 0 Å². The Morgan fingerprint density at radius 1 is 0.933 bits per heavy atom. The molecular weight excluding hydrogens is 206 g/mol. The van der Waals surface area contributed by atoms with Crippen LogP contribution in [0.4, 0.5) is 0 Å². The highest BCUT2D eigenvalue weighted by Gasteiger charge is 2.34. The molecule has 0 aromatic heterocycles. The molecule has 0 aliphatic heterocycles. The molecule has 92 valence electrons. The van der Waals surface area contributed by atoms with Gasteiger partial charge in [0.2, 0.25) is 0 Å². The number of nitrogens with one attached hydrogen (secondary N) is 3. The SMILES string of the molecule is CCN[Si](NCC)(NCC)OCC(C)C. The molecule has 0 spiro atoms. The van der Waals surface area contributed by atoms with Gasteiger partial charge in [0.1, 0.15) is 0 Å². The Hall–Kier alpha value is 0.0569. The first kappa shape index (κ1) is 15.1. The van der Waals surface area contributed by atoms with Crippen molar-refractivity contribution in [2.75, 3.05) is 26.2 Å². The summed E-state index contributed by atoms with van der Waals surface area (Å²) in [7, 11) is -2.11. The highest BCUT2D eigenvalue weighted by atomic mass is 28.4. The van der Waals surface area contributed by atoms with Crippen molar-refractivity contribution in [1.82, 2.24) is 14.9 Å². The van der Waals surface area contributed by atoms with Crippen LogP contribution in [0, 0.1) is 5.92 Å². The Balaban J connectivity index is 4.31. The van der Waals surface area contributed by atoms with Crippen LogP contribution in [0.25, 0.3) is 0 Å². The van der Waals surface area contributed by atoms with Gasteiger partial charge in [0, 0.05) is 6.61 Å². The van der Waals surface area contributed by atoms with Gasteiger partial charge in [-0.3, -0.25) is 14.9 Å². The Kier molecular flexibility index (Phi) is 8.27. The lowest BCUT2D eigenvalue weighted by atomic mass is 10.2. The fourth-order valence-electron chi connectivity index (χ4n) is 1.38. The van der Waals surface area contributed by atoms with Gasteiger partial charge in [0.15, 0.2) is 0 Å².